The number of rotatable bonds is 3. The summed E-state index contributed by atoms with van der Waals surface area (Å²) in [6, 6.07) is 7.85. The zero-order valence-electron chi connectivity index (χ0n) is 16.3. The van der Waals surface area contributed by atoms with Gasteiger partial charge in [-0.05, 0) is 45.0 Å². The number of nitrogens with zero attached hydrogens (tertiary/aromatic N) is 3. The maximum absolute atomic E-state index is 12.4. The molecule has 0 fully saturated rings. The summed E-state index contributed by atoms with van der Waals surface area (Å²) in [6.45, 7) is 6.21. The van der Waals surface area contributed by atoms with E-state index in [0.717, 1.165) is 34.0 Å². The van der Waals surface area contributed by atoms with E-state index >= 15 is 0 Å². The Kier molecular flexibility index (Phi) is 4.66. The van der Waals surface area contributed by atoms with Crippen LogP contribution in [-0.2, 0) is 10.3 Å². The summed E-state index contributed by atoms with van der Waals surface area (Å²) >= 11 is 1.58. The minimum absolute atomic E-state index is 0.0192. The number of methoxy groups -OCH3 is 1. The summed E-state index contributed by atoms with van der Waals surface area (Å²) < 4.78 is 7.14. The van der Waals surface area contributed by atoms with Crippen molar-refractivity contribution in [2.45, 2.75) is 31.6 Å². The summed E-state index contributed by atoms with van der Waals surface area (Å²) in [6.07, 6.45) is 3.69. The van der Waals surface area contributed by atoms with Crippen LogP contribution in [0.1, 0.15) is 37.1 Å². The normalized spacial score (nSPS) is 17.0. The number of ether oxygens (including phenoxy) is 1. The van der Waals surface area contributed by atoms with Crippen molar-refractivity contribution in [1.29, 1.82) is 0 Å². The van der Waals surface area contributed by atoms with Gasteiger partial charge >= 0.3 is 0 Å². The number of aromatic amines is 1. The van der Waals surface area contributed by atoms with E-state index in [-0.39, 0.29) is 16.7 Å². The molecule has 7 nitrogen and oxygen atoms in total. The van der Waals surface area contributed by atoms with Crippen molar-refractivity contribution in [2.24, 2.45) is 0 Å². The number of amides is 1. The first-order chi connectivity index (χ1) is 13.4. The lowest BCUT2D eigenvalue weighted by molar-refractivity contribution is -0.113. The lowest BCUT2D eigenvalue weighted by Gasteiger charge is -2.23. The van der Waals surface area contributed by atoms with Crippen LogP contribution < -0.4 is 10.1 Å². The van der Waals surface area contributed by atoms with Crippen LogP contribution in [0, 0.1) is 0 Å². The number of thioether (sulfide) groups is 1. The molecule has 146 valence electrons. The maximum Gasteiger partial charge on any atom is 0.235 e. The van der Waals surface area contributed by atoms with Gasteiger partial charge < -0.3 is 10.1 Å². The largest absolute Gasteiger partial charge is 0.497 e. The van der Waals surface area contributed by atoms with Gasteiger partial charge in [-0.15, -0.1) is 11.8 Å². The Balaban J connectivity index is 1.80. The van der Waals surface area contributed by atoms with Gasteiger partial charge in [0.1, 0.15) is 11.6 Å². The molecule has 2 aromatic heterocycles. The van der Waals surface area contributed by atoms with Crippen molar-refractivity contribution in [1.82, 2.24) is 20.0 Å². The second kappa shape index (κ2) is 7.01. The molecule has 1 atom stereocenters. The van der Waals surface area contributed by atoms with Crippen LogP contribution in [0.15, 0.2) is 36.7 Å². The zero-order chi connectivity index (χ0) is 19.9. The molecule has 8 heteroatoms. The SMILES string of the molecule is COc1ccc(-c2[nH]ncc2C2SCC(=O)Nc3c2cnn3C(C)(C)C)cc1. The number of anilines is 1. The molecule has 1 aromatic carbocycles. The third-order valence-corrected chi connectivity index (χ3v) is 5.95. The number of fused-ring (bicyclic) bond motifs is 1. The molecule has 1 amide bonds. The van der Waals surface area contributed by atoms with Gasteiger partial charge in [-0.2, -0.15) is 10.2 Å². The van der Waals surface area contributed by atoms with Crippen molar-refractivity contribution in [3.05, 3.63) is 47.8 Å². The number of aromatic nitrogens is 4. The highest BCUT2D eigenvalue weighted by atomic mass is 32.2. The van der Waals surface area contributed by atoms with Gasteiger partial charge in [0.15, 0.2) is 0 Å². The predicted octanol–water partition coefficient (Wildman–Crippen LogP) is 3.81. The highest BCUT2D eigenvalue weighted by molar-refractivity contribution is 8.00. The Labute approximate surface area is 167 Å². The molecule has 1 unspecified atom stereocenters. The van der Waals surface area contributed by atoms with Crippen molar-refractivity contribution < 1.29 is 9.53 Å². The molecule has 1 aliphatic heterocycles. The van der Waals surface area contributed by atoms with E-state index in [2.05, 4.69) is 41.4 Å². The first-order valence-electron chi connectivity index (χ1n) is 9.06. The predicted molar refractivity (Wildman–Crippen MR) is 111 cm³/mol. The smallest absolute Gasteiger partial charge is 0.235 e. The number of carbonyl (C=O) groups excluding carboxylic acids is 1. The molecule has 0 saturated heterocycles. The summed E-state index contributed by atoms with van der Waals surface area (Å²) in [5.74, 6) is 1.91. The van der Waals surface area contributed by atoms with Crippen molar-refractivity contribution in [3.8, 4) is 17.0 Å². The average Bonchev–Trinajstić information content (AvgIpc) is 3.27. The highest BCUT2D eigenvalue weighted by Crippen LogP contribution is 2.45. The Hall–Kier alpha value is -2.74. The van der Waals surface area contributed by atoms with E-state index < -0.39 is 0 Å². The van der Waals surface area contributed by atoms with Crippen LogP contribution in [0.3, 0.4) is 0 Å². The first-order valence-corrected chi connectivity index (χ1v) is 10.1. The molecular weight excluding hydrogens is 374 g/mol. The Bertz CT molecular complexity index is 1000. The molecule has 0 aliphatic carbocycles. The van der Waals surface area contributed by atoms with Gasteiger partial charge in [-0.1, -0.05) is 0 Å². The highest BCUT2D eigenvalue weighted by Gasteiger charge is 2.32. The molecule has 0 bridgehead atoms. The topological polar surface area (TPSA) is 84.8 Å². The van der Waals surface area contributed by atoms with E-state index in [0.29, 0.717) is 5.75 Å². The fourth-order valence-corrected chi connectivity index (χ4v) is 4.44. The molecule has 4 rings (SSSR count). The van der Waals surface area contributed by atoms with Crippen molar-refractivity contribution in [3.63, 3.8) is 0 Å². The number of carbonyl (C=O) groups is 1. The van der Waals surface area contributed by atoms with Gasteiger partial charge in [-0.3, -0.25) is 9.89 Å². The minimum atomic E-state index is -0.240. The van der Waals surface area contributed by atoms with Gasteiger partial charge in [0.25, 0.3) is 0 Å². The van der Waals surface area contributed by atoms with E-state index in [9.17, 15) is 4.79 Å². The van der Waals surface area contributed by atoms with E-state index in [1.165, 1.54) is 0 Å². The molecule has 0 saturated carbocycles. The zero-order valence-corrected chi connectivity index (χ0v) is 17.1. The molecule has 3 aromatic rings. The van der Waals surface area contributed by atoms with Crippen molar-refractivity contribution >= 4 is 23.5 Å². The van der Waals surface area contributed by atoms with Crippen LogP contribution in [-0.4, -0.2) is 38.7 Å². The van der Waals surface area contributed by atoms with Gasteiger partial charge in [-0.25, -0.2) is 4.68 Å². The Morgan fingerprint density at radius 2 is 1.93 bits per heavy atom. The van der Waals surface area contributed by atoms with Gasteiger partial charge in [0, 0.05) is 16.7 Å². The van der Waals surface area contributed by atoms with Crippen molar-refractivity contribution in [2.75, 3.05) is 18.2 Å². The van der Waals surface area contributed by atoms with Crippen LogP contribution in [0.4, 0.5) is 5.82 Å². The van der Waals surface area contributed by atoms with Crippen LogP contribution in [0.2, 0.25) is 0 Å². The summed E-state index contributed by atoms with van der Waals surface area (Å²) in [5, 5.41) is 15.0. The molecule has 3 heterocycles. The fraction of sp³-hybridized carbons (Fsp3) is 0.350. The van der Waals surface area contributed by atoms with Gasteiger partial charge in [0.05, 0.1) is 41.7 Å². The number of nitrogens with one attached hydrogen (secondary N) is 2. The summed E-state index contributed by atoms with van der Waals surface area (Å²) in [5.41, 5.74) is 3.73. The average molecular weight is 398 g/mol. The van der Waals surface area contributed by atoms with E-state index in [4.69, 9.17) is 4.74 Å². The third kappa shape index (κ3) is 3.28. The minimum Gasteiger partial charge on any atom is -0.497 e. The molecular formula is C20H23N5O2S. The Morgan fingerprint density at radius 1 is 1.18 bits per heavy atom. The Morgan fingerprint density at radius 3 is 2.61 bits per heavy atom. The molecule has 28 heavy (non-hydrogen) atoms. The number of H-pyrrole nitrogens is 1. The van der Waals surface area contributed by atoms with Crippen LogP contribution >= 0.6 is 11.8 Å². The molecule has 2 N–H and O–H groups in total. The first kappa shape index (κ1) is 18.6. The summed E-state index contributed by atoms with van der Waals surface area (Å²) in [4.78, 5) is 12.4. The lowest BCUT2D eigenvalue weighted by atomic mass is 10.0. The standard InChI is InChI=1S/C20H23N5O2S/c1-20(2,3)25-19-15(10-22-25)18(28-11-16(26)23-19)14-9-21-24-17(14)12-5-7-13(27-4)8-6-12/h5-10,18H,11H2,1-4H3,(H,21,24)(H,23,26). The fourth-order valence-electron chi connectivity index (χ4n) is 3.34. The number of benzene rings is 1. The second-order valence-corrected chi connectivity index (χ2v) is 8.79. The number of hydrogen-bond donors (Lipinski definition) is 2. The van der Waals surface area contributed by atoms with Gasteiger partial charge in [0.2, 0.25) is 5.91 Å². The van der Waals surface area contributed by atoms with E-state index in [1.807, 2.05) is 41.3 Å². The van der Waals surface area contributed by atoms with Crippen LogP contribution in [0.25, 0.3) is 11.3 Å². The monoisotopic (exact) mass is 397 g/mol. The third-order valence-electron chi connectivity index (χ3n) is 4.68. The summed E-state index contributed by atoms with van der Waals surface area (Å²) in [7, 11) is 1.65. The lowest BCUT2D eigenvalue weighted by Crippen LogP contribution is -2.27. The quantitative estimate of drug-likeness (QED) is 0.702. The second-order valence-electron chi connectivity index (χ2n) is 7.70. The maximum atomic E-state index is 12.4. The van der Waals surface area contributed by atoms with Crippen LogP contribution in [0.5, 0.6) is 5.75 Å². The molecule has 1 aliphatic rings. The molecule has 0 radical (unpaired) electrons. The molecule has 0 spiro atoms. The number of hydrogen-bond acceptors (Lipinski definition) is 5. The van der Waals surface area contributed by atoms with E-state index in [1.54, 1.807) is 18.9 Å².